The molecule has 0 saturated carbocycles. The molecule has 6 nitrogen and oxygen atoms in total. The molecule has 1 unspecified atom stereocenters. The number of piperidine rings is 1. The Kier molecular flexibility index (Phi) is 3.25. The zero-order valence-electron chi connectivity index (χ0n) is 11.1. The van der Waals surface area contributed by atoms with Crippen LogP contribution < -0.4 is 10.6 Å². The number of aromatic amines is 1. The van der Waals surface area contributed by atoms with Gasteiger partial charge in [0, 0.05) is 25.6 Å². The lowest BCUT2D eigenvalue weighted by Gasteiger charge is -2.29. The van der Waals surface area contributed by atoms with E-state index in [1.807, 2.05) is 6.07 Å². The Morgan fingerprint density at radius 2 is 2.47 bits per heavy atom. The SMILES string of the molecule is CCc1occc1-c1nc(N2CCCC(N)C2)n[nH]1. The molecule has 6 heteroatoms. The van der Waals surface area contributed by atoms with Crippen molar-refractivity contribution >= 4 is 5.95 Å². The summed E-state index contributed by atoms with van der Waals surface area (Å²) in [5, 5.41) is 7.29. The zero-order valence-corrected chi connectivity index (χ0v) is 11.1. The Morgan fingerprint density at radius 3 is 3.26 bits per heavy atom. The first-order valence-corrected chi connectivity index (χ1v) is 6.77. The quantitative estimate of drug-likeness (QED) is 0.875. The van der Waals surface area contributed by atoms with Gasteiger partial charge in [-0.25, -0.2) is 0 Å². The minimum atomic E-state index is 0.218. The summed E-state index contributed by atoms with van der Waals surface area (Å²) in [5.74, 6) is 2.42. The highest BCUT2D eigenvalue weighted by Crippen LogP contribution is 2.24. The zero-order chi connectivity index (χ0) is 13.2. The smallest absolute Gasteiger partial charge is 0.245 e. The van der Waals surface area contributed by atoms with Crippen LogP contribution in [0.3, 0.4) is 0 Å². The number of nitrogens with two attached hydrogens (primary N) is 1. The molecule has 0 bridgehead atoms. The van der Waals surface area contributed by atoms with E-state index in [1.165, 1.54) is 0 Å². The lowest BCUT2D eigenvalue weighted by atomic mass is 10.1. The maximum Gasteiger partial charge on any atom is 0.245 e. The first kappa shape index (κ1) is 12.2. The molecule has 0 aromatic carbocycles. The van der Waals surface area contributed by atoms with Gasteiger partial charge >= 0.3 is 0 Å². The molecule has 0 spiro atoms. The van der Waals surface area contributed by atoms with Crippen LogP contribution in [-0.4, -0.2) is 34.3 Å². The number of nitrogens with one attached hydrogen (secondary N) is 1. The molecule has 1 aliphatic heterocycles. The van der Waals surface area contributed by atoms with Crippen LogP contribution in [0.15, 0.2) is 16.7 Å². The van der Waals surface area contributed by atoms with E-state index < -0.39 is 0 Å². The highest BCUT2D eigenvalue weighted by molar-refractivity contribution is 5.58. The molecule has 0 aliphatic carbocycles. The van der Waals surface area contributed by atoms with Crippen molar-refractivity contribution in [2.75, 3.05) is 18.0 Å². The summed E-state index contributed by atoms with van der Waals surface area (Å²) in [7, 11) is 0. The molecule has 1 aliphatic rings. The van der Waals surface area contributed by atoms with E-state index in [1.54, 1.807) is 6.26 Å². The number of aromatic nitrogens is 3. The van der Waals surface area contributed by atoms with E-state index in [4.69, 9.17) is 10.2 Å². The fourth-order valence-corrected chi connectivity index (χ4v) is 2.53. The molecule has 0 radical (unpaired) electrons. The largest absolute Gasteiger partial charge is 0.469 e. The monoisotopic (exact) mass is 261 g/mol. The highest BCUT2D eigenvalue weighted by atomic mass is 16.3. The van der Waals surface area contributed by atoms with Gasteiger partial charge in [0.2, 0.25) is 5.95 Å². The van der Waals surface area contributed by atoms with Gasteiger partial charge < -0.3 is 15.1 Å². The fourth-order valence-electron chi connectivity index (χ4n) is 2.53. The average Bonchev–Trinajstić information content (AvgIpc) is 3.07. The summed E-state index contributed by atoms with van der Waals surface area (Å²) >= 11 is 0. The van der Waals surface area contributed by atoms with E-state index in [0.717, 1.165) is 55.4 Å². The maximum absolute atomic E-state index is 5.99. The molecule has 2 aromatic rings. The number of hydrogen-bond donors (Lipinski definition) is 2. The van der Waals surface area contributed by atoms with Gasteiger partial charge in [0.1, 0.15) is 5.76 Å². The Morgan fingerprint density at radius 1 is 1.58 bits per heavy atom. The van der Waals surface area contributed by atoms with Crippen LogP contribution in [0.5, 0.6) is 0 Å². The molecule has 3 heterocycles. The van der Waals surface area contributed by atoms with E-state index in [-0.39, 0.29) is 6.04 Å². The molecule has 1 saturated heterocycles. The maximum atomic E-state index is 5.99. The third-order valence-electron chi connectivity index (χ3n) is 3.54. The minimum absolute atomic E-state index is 0.218. The normalized spacial score (nSPS) is 19.9. The summed E-state index contributed by atoms with van der Waals surface area (Å²) in [4.78, 5) is 6.70. The predicted molar refractivity (Wildman–Crippen MR) is 72.9 cm³/mol. The Balaban J connectivity index is 1.83. The van der Waals surface area contributed by atoms with E-state index in [0.29, 0.717) is 0 Å². The summed E-state index contributed by atoms with van der Waals surface area (Å²) in [5.41, 5.74) is 6.98. The van der Waals surface area contributed by atoms with Crippen molar-refractivity contribution in [1.29, 1.82) is 0 Å². The third-order valence-corrected chi connectivity index (χ3v) is 3.54. The standard InChI is InChI=1S/C13H19N5O/c1-2-11-10(5-7-19-11)12-15-13(17-16-12)18-6-3-4-9(14)8-18/h5,7,9H,2-4,6,8,14H2,1H3,(H,15,16,17). The van der Waals surface area contributed by atoms with Gasteiger partial charge in [-0.05, 0) is 18.9 Å². The average molecular weight is 261 g/mol. The fraction of sp³-hybridized carbons (Fsp3) is 0.538. The van der Waals surface area contributed by atoms with Gasteiger partial charge in [-0.15, -0.1) is 5.10 Å². The van der Waals surface area contributed by atoms with Gasteiger partial charge in [-0.2, -0.15) is 4.98 Å². The third kappa shape index (κ3) is 2.35. The molecular weight excluding hydrogens is 242 g/mol. The van der Waals surface area contributed by atoms with Crippen molar-refractivity contribution in [1.82, 2.24) is 15.2 Å². The van der Waals surface area contributed by atoms with Gasteiger partial charge in [0.05, 0.1) is 11.8 Å². The Hall–Kier alpha value is -1.82. The van der Waals surface area contributed by atoms with Crippen LogP contribution in [0, 0.1) is 0 Å². The molecule has 0 amide bonds. The number of anilines is 1. The van der Waals surface area contributed by atoms with Crippen LogP contribution in [0.1, 0.15) is 25.5 Å². The summed E-state index contributed by atoms with van der Waals surface area (Å²) in [6, 6.07) is 2.14. The van der Waals surface area contributed by atoms with Crippen molar-refractivity contribution in [2.45, 2.75) is 32.2 Å². The van der Waals surface area contributed by atoms with Crippen molar-refractivity contribution in [3.05, 3.63) is 18.1 Å². The van der Waals surface area contributed by atoms with Gasteiger partial charge in [0.25, 0.3) is 0 Å². The molecule has 2 aromatic heterocycles. The number of nitrogens with zero attached hydrogens (tertiary/aromatic N) is 3. The minimum Gasteiger partial charge on any atom is -0.469 e. The number of aryl methyl sites for hydroxylation is 1. The molecular formula is C13H19N5O. The van der Waals surface area contributed by atoms with Crippen molar-refractivity contribution < 1.29 is 4.42 Å². The second kappa shape index (κ2) is 5.05. The number of hydrogen-bond acceptors (Lipinski definition) is 5. The molecule has 1 atom stereocenters. The van der Waals surface area contributed by atoms with Crippen molar-refractivity contribution in [3.8, 4) is 11.4 Å². The van der Waals surface area contributed by atoms with Crippen LogP contribution in [0.2, 0.25) is 0 Å². The topological polar surface area (TPSA) is 84.0 Å². The van der Waals surface area contributed by atoms with Crippen molar-refractivity contribution in [2.24, 2.45) is 5.73 Å². The second-order valence-electron chi connectivity index (χ2n) is 4.94. The summed E-state index contributed by atoms with van der Waals surface area (Å²) in [6.45, 7) is 3.85. The molecule has 1 fully saturated rings. The van der Waals surface area contributed by atoms with Crippen LogP contribution >= 0.6 is 0 Å². The van der Waals surface area contributed by atoms with Crippen molar-refractivity contribution in [3.63, 3.8) is 0 Å². The van der Waals surface area contributed by atoms with E-state index in [9.17, 15) is 0 Å². The molecule has 102 valence electrons. The molecule has 19 heavy (non-hydrogen) atoms. The lowest BCUT2D eigenvalue weighted by Crippen LogP contribution is -2.43. The first-order valence-electron chi connectivity index (χ1n) is 6.77. The Bertz CT molecular complexity index is 547. The highest BCUT2D eigenvalue weighted by Gasteiger charge is 2.21. The van der Waals surface area contributed by atoms with Gasteiger partial charge in [-0.3, -0.25) is 5.10 Å². The van der Waals surface area contributed by atoms with E-state index >= 15 is 0 Å². The van der Waals surface area contributed by atoms with Gasteiger partial charge in [0.15, 0.2) is 5.82 Å². The summed E-state index contributed by atoms with van der Waals surface area (Å²) < 4.78 is 5.42. The predicted octanol–water partition coefficient (Wildman–Crippen LogP) is 1.55. The lowest BCUT2D eigenvalue weighted by molar-refractivity contribution is 0.500. The number of rotatable bonds is 3. The molecule has 3 N–H and O–H groups in total. The molecule has 3 rings (SSSR count). The first-order chi connectivity index (χ1) is 9.28. The Labute approximate surface area is 112 Å². The van der Waals surface area contributed by atoms with Crippen LogP contribution in [-0.2, 0) is 6.42 Å². The number of H-pyrrole nitrogens is 1. The van der Waals surface area contributed by atoms with E-state index in [2.05, 4.69) is 27.0 Å². The second-order valence-corrected chi connectivity index (χ2v) is 4.94. The number of furan rings is 1. The van der Waals surface area contributed by atoms with Gasteiger partial charge in [-0.1, -0.05) is 6.92 Å². The van der Waals surface area contributed by atoms with Crippen LogP contribution in [0.25, 0.3) is 11.4 Å². The summed E-state index contributed by atoms with van der Waals surface area (Å²) in [6.07, 6.45) is 4.70. The van der Waals surface area contributed by atoms with Crippen LogP contribution in [0.4, 0.5) is 5.95 Å².